The Kier molecular flexibility index (Phi) is 4.22. The van der Waals surface area contributed by atoms with Crippen LogP contribution in [0, 0.1) is 10.1 Å². The van der Waals surface area contributed by atoms with Gasteiger partial charge in [-0.2, -0.15) is 0 Å². The Labute approximate surface area is 117 Å². The van der Waals surface area contributed by atoms with E-state index >= 15 is 0 Å². The van der Waals surface area contributed by atoms with Crippen molar-refractivity contribution in [2.75, 3.05) is 0 Å². The number of nitro groups is 1. The number of benzene rings is 1. The quantitative estimate of drug-likeness (QED) is 0.663. The number of nitrogens with zero attached hydrogens (tertiary/aromatic N) is 1. The Morgan fingerprint density at radius 3 is 2.65 bits per heavy atom. The summed E-state index contributed by atoms with van der Waals surface area (Å²) in [4.78, 5) is 22.5. The summed E-state index contributed by atoms with van der Waals surface area (Å²) < 4.78 is 5.55. The highest BCUT2D eigenvalue weighted by Crippen LogP contribution is 2.26. The summed E-state index contributed by atoms with van der Waals surface area (Å²) in [6.45, 7) is 3.68. The molecule has 0 aromatic heterocycles. The second kappa shape index (κ2) is 5.90. The highest BCUT2D eigenvalue weighted by molar-refractivity contribution is 5.97. The standard InChI is InChI=1S/C14H18N2O4/c1-9(2)20-13-7-6-11(16(18)19)8-12(13)14(17)15-10-4-3-5-10/h6-10H,3-5H2,1-2H3,(H,15,17). The lowest BCUT2D eigenvalue weighted by Gasteiger charge is -2.26. The molecular formula is C14H18N2O4. The Morgan fingerprint density at radius 1 is 1.45 bits per heavy atom. The normalized spacial score (nSPS) is 14.8. The first-order chi connectivity index (χ1) is 9.47. The highest BCUT2D eigenvalue weighted by atomic mass is 16.6. The molecule has 6 nitrogen and oxygen atoms in total. The lowest BCUT2D eigenvalue weighted by Crippen LogP contribution is -2.39. The molecular weight excluding hydrogens is 260 g/mol. The fourth-order valence-electron chi connectivity index (χ4n) is 1.98. The van der Waals surface area contributed by atoms with Crippen molar-refractivity contribution in [3.8, 4) is 5.75 Å². The Bertz CT molecular complexity index is 524. The molecule has 0 unspecified atom stereocenters. The zero-order chi connectivity index (χ0) is 14.7. The summed E-state index contributed by atoms with van der Waals surface area (Å²) in [5.41, 5.74) is 0.111. The molecule has 0 aliphatic heterocycles. The molecule has 1 amide bonds. The van der Waals surface area contributed by atoms with E-state index in [0.717, 1.165) is 19.3 Å². The third-order valence-electron chi connectivity index (χ3n) is 3.22. The molecule has 6 heteroatoms. The first-order valence-corrected chi connectivity index (χ1v) is 6.73. The van der Waals surface area contributed by atoms with E-state index < -0.39 is 4.92 Å². The van der Waals surface area contributed by atoms with Gasteiger partial charge in [0.25, 0.3) is 11.6 Å². The van der Waals surface area contributed by atoms with Crippen molar-refractivity contribution < 1.29 is 14.5 Å². The van der Waals surface area contributed by atoms with Crippen molar-refractivity contribution in [3.63, 3.8) is 0 Å². The number of hydrogen-bond acceptors (Lipinski definition) is 4. The van der Waals surface area contributed by atoms with Crippen molar-refractivity contribution >= 4 is 11.6 Å². The third kappa shape index (κ3) is 3.26. The summed E-state index contributed by atoms with van der Waals surface area (Å²) >= 11 is 0. The van der Waals surface area contributed by atoms with Gasteiger partial charge in [-0.15, -0.1) is 0 Å². The molecule has 0 spiro atoms. The van der Waals surface area contributed by atoms with Gasteiger partial charge in [0.2, 0.25) is 0 Å². The van der Waals surface area contributed by atoms with Crippen LogP contribution in [-0.2, 0) is 0 Å². The zero-order valence-electron chi connectivity index (χ0n) is 11.6. The second-order valence-corrected chi connectivity index (χ2v) is 5.21. The first-order valence-electron chi connectivity index (χ1n) is 6.73. The van der Waals surface area contributed by atoms with Crippen LogP contribution in [0.4, 0.5) is 5.69 Å². The minimum atomic E-state index is -0.515. The van der Waals surface area contributed by atoms with Gasteiger partial charge in [0.05, 0.1) is 16.6 Å². The SMILES string of the molecule is CC(C)Oc1ccc([N+](=O)[O-])cc1C(=O)NC1CCC1. The van der Waals surface area contributed by atoms with Gasteiger partial charge in [0.1, 0.15) is 5.75 Å². The second-order valence-electron chi connectivity index (χ2n) is 5.21. The van der Waals surface area contributed by atoms with Crippen LogP contribution in [0.3, 0.4) is 0 Å². The van der Waals surface area contributed by atoms with Gasteiger partial charge in [-0.3, -0.25) is 14.9 Å². The van der Waals surface area contributed by atoms with E-state index in [1.54, 1.807) is 0 Å². The first kappa shape index (κ1) is 14.3. The molecule has 0 heterocycles. The lowest BCUT2D eigenvalue weighted by atomic mass is 9.93. The molecule has 0 saturated heterocycles. The molecule has 1 aliphatic rings. The molecule has 1 aromatic rings. The van der Waals surface area contributed by atoms with Crippen molar-refractivity contribution in [2.45, 2.75) is 45.3 Å². The highest BCUT2D eigenvalue weighted by Gasteiger charge is 2.24. The molecule has 0 atom stereocenters. The van der Waals surface area contributed by atoms with Gasteiger partial charge in [-0.25, -0.2) is 0 Å². The average Bonchev–Trinajstić information content (AvgIpc) is 2.33. The van der Waals surface area contributed by atoms with Crippen LogP contribution in [0.1, 0.15) is 43.5 Å². The van der Waals surface area contributed by atoms with Crippen LogP contribution >= 0.6 is 0 Å². The molecule has 1 aliphatic carbocycles. The van der Waals surface area contributed by atoms with Crippen molar-refractivity contribution in [2.24, 2.45) is 0 Å². The summed E-state index contributed by atoms with van der Waals surface area (Å²) in [5.74, 6) is 0.0662. The van der Waals surface area contributed by atoms with E-state index in [-0.39, 0.29) is 29.3 Å². The monoisotopic (exact) mass is 278 g/mol. The predicted octanol–water partition coefficient (Wildman–Crippen LogP) is 2.66. The Balaban J connectivity index is 2.26. The maximum atomic E-state index is 12.2. The molecule has 1 saturated carbocycles. The number of carbonyl (C=O) groups is 1. The average molecular weight is 278 g/mol. The topological polar surface area (TPSA) is 81.5 Å². The lowest BCUT2D eigenvalue weighted by molar-refractivity contribution is -0.384. The predicted molar refractivity (Wildman–Crippen MR) is 74.0 cm³/mol. The van der Waals surface area contributed by atoms with Gasteiger partial charge in [-0.05, 0) is 39.2 Å². The van der Waals surface area contributed by atoms with E-state index in [1.165, 1.54) is 18.2 Å². The fraction of sp³-hybridized carbons (Fsp3) is 0.500. The number of ether oxygens (including phenoxy) is 1. The molecule has 0 radical (unpaired) electrons. The van der Waals surface area contributed by atoms with Gasteiger partial charge < -0.3 is 10.1 Å². The number of non-ortho nitro benzene ring substituents is 1. The van der Waals surface area contributed by atoms with Gasteiger partial charge in [0.15, 0.2) is 0 Å². The zero-order valence-corrected chi connectivity index (χ0v) is 11.6. The number of nitrogens with one attached hydrogen (secondary N) is 1. The van der Waals surface area contributed by atoms with Gasteiger partial charge in [-0.1, -0.05) is 0 Å². The Hall–Kier alpha value is -2.11. The molecule has 108 valence electrons. The molecule has 1 fully saturated rings. The van der Waals surface area contributed by atoms with Crippen molar-refractivity contribution in [1.82, 2.24) is 5.32 Å². The molecule has 1 aromatic carbocycles. The number of nitro benzene ring substituents is 1. The number of amides is 1. The summed E-state index contributed by atoms with van der Waals surface area (Å²) in [6, 6.07) is 4.27. The van der Waals surface area contributed by atoms with E-state index in [2.05, 4.69) is 5.32 Å². The molecule has 20 heavy (non-hydrogen) atoms. The van der Waals surface area contributed by atoms with Crippen LogP contribution in [0.2, 0.25) is 0 Å². The fourth-order valence-corrected chi connectivity index (χ4v) is 1.98. The molecule has 0 bridgehead atoms. The van der Waals surface area contributed by atoms with E-state index in [0.29, 0.717) is 5.75 Å². The maximum absolute atomic E-state index is 12.2. The van der Waals surface area contributed by atoms with E-state index in [4.69, 9.17) is 4.74 Å². The smallest absolute Gasteiger partial charge is 0.270 e. The van der Waals surface area contributed by atoms with Gasteiger partial charge in [0, 0.05) is 18.2 Å². The number of hydrogen-bond donors (Lipinski definition) is 1. The largest absolute Gasteiger partial charge is 0.490 e. The summed E-state index contributed by atoms with van der Waals surface area (Å²) in [6.07, 6.45) is 2.92. The molecule has 2 rings (SSSR count). The van der Waals surface area contributed by atoms with Crippen molar-refractivity contribution in [1.29, 1.82) is 0 Å². The van der Waals surface area contributed by atoms with Crippen LogP contribution in [-0.4, -0.2) is 23.0 Å². The minimum Gasteiger partial charge on any atom is -0.490 e. The molecule has 1 N–H and O–H groups in total. The Morgan fingerprint density at radius 2 is 2.15 bits per heavy atom. The number of carbonyl (C=O) groups excluding carboxylic acids is 1. The van der Waals surface area contributed by atoms with Crippen molar-refractivity contribution in [3.05, 3.63) is 33.9 Å². The van der Waals surface area contributed by atoms with Gasteiger partial charge >= 0.3 is 0 Å². The van der Waals surface area contributed by atoms with Crippen LogP contribution in [0.25, 0.3) is 0 Å². The third-order valence-corrected chi connectivity index (χ3v) is 3.22. The minimum absolute atomic E-state index is 0.105. The van der Waals surface area contributed by atoms with E-state index in [9.17, 15) is 14.9 Å². The summed E-state index contributed by atoms with van der Waals surface area (Å²) in [5, 5.41) is 13.7. The number of rotatable bonds is 5. The summed E-state index contributed by atoms with van der Waals surface area (Å²) in [7, 11) is 0. The van der Waals surface area contributed by atoms with Crippen LogP contribution in [0.15, 0.2) is 18.2 Å². The maximum Gasteiger partial charge on any atom is 0.270 e. The van der Waals surface area contributed by atoms with Crippen LogP contribution in [0.5, 0.6) is 5.75 Å². The van der Waals surface area contributed by atoms with E-state index in [1.807, 2.05) is 13.8 Å². The van der Waals surface area contributed by atoms with Crippen LogP contribution < -0.4 is 10.1 Å².